The minimum absolute atomic E-state index is 0.0208. The zero-order valence-corrected chi connectivity index (χ0v) is 16.0. The third-order valence-corrected chi connectivity index (χ3v) is 3.36. The summed E-state index contributed by atoms with van der Waals surface area (Å²) in [6.07, 6.45) is 0.868. The molecule has 1 aromatic rings. The highest BCUT2D eigenvalue weighted by Crippen LogP contribution is 2.14. The van der Waals surface area contributed by atoms with Crippen molar-refractivity contribution in [1.29, 1.82) is 0 Å². The Labute approximate surface area is 156 Å². The quantitative estimate of drug-likeness (QED) is 0.273. The highest BCUT2D eigenvalue weighted by atomic mass is 16.5. The molecule has 0 fully saturated rings. The van der Waals surface area contributed by atoms with Crippen molar-refractivity contribution >= 4 is 11.9 Å². The van der Waals surface area contributed by atoms with Crippen LogP contribution in [0.25, 0.3) is 0 Å². The van der Waals surface area contributed by atoms with E-state index in [1.54, 1.807) is 18.2 Å². The third kappa shape index (κ3) is 9.27. The maximum Gasteiger partial charge on any atom is 0.255 e. The van der Waals surface area contributed by atoms with Crippen LogP contribution in [-0.4, -0.2) is 56.4 Å². The Bertz CT molecular complexity index is 561. The number of phenolic OH excluding ortho intramolecular Hbond substituents is 1. The van der Waals surface area contributed by atoms with Gasteiger partial charge in [-0.25, -0.2) is 0 Å². The SMILES string of the molecule is CCNC(=NCCCOCC(C)C)NCCNC(=O)c1ccccc1O. The standard InChI is InChI=1S/C19H32N4O3/c1-4-20-19(22-10-7-13-26-14-15(2)3)23-12-11-21-18(25)16-8-5-6-9-17(16)24/h5-6,8-9,15,24H,4,7,10-14H2,1-3H3,(H,21,25)(H2,20,22,23). The molecule has 1 aromatic carbocycles. The van der Waals surface area contributed by atoms with Crippen LogP contribution in [0.15, 0.2) is 29.3 Å². The fourth-order valence-corrected chi connectivity index (χ4v) is 2.14. The second-order valence-electron chi connectivity index (χ2n) is 6.28. The molecule has 7 nitrogen and oxygen atoms in total. The van der Waals surface area contributed by atoms with Gasteiger partial charge >= 0.3 is 0 Å². The first-order valence-corrected chi connectivity index (χ1v) is 9.20. The van der Waals surface area contributed by atoms with Crippen molar-refractivity contribution in [3.63, 3.8) is 0 Å². The van der Waals surface area contributed by atoms with E-state index in [2.05, 4.69) is 34.8 Å². The summed E-state index contributed by atoms with van der Waals surface area (Å²) in [5, 5.41) is 18.8. The van der Waals surface area contributed by atoms with Gasteiger partial charge in [-0.15, -0.1) is 0 Å². The number of carbonyl (C=O) groups excluding carboxylic acids is 1. The van der Waals surface area contributed by atoms with Crippen LogP contribution in [0, 0.1) is 5.92 Å². The van der Waals surface area contributed by atoms with Gasteiger partial charge < -0.3 is 25.8 Å². The summed E-state index contributed by atoms with van der Waals surface area (Å²) in [7, 11) is 0. The number of para-hydroxylation sites is 1. The van der Waals surface area contributed by atoms with Gasteiger partial charge in [-0.1, -0.05) is 26.0 Å². The van der Waals surface area contributed by atoms with Crippen LogP contribution in [0.5, 0.6) is 5.75 Å². The van der Waals surface area contributed by atoms with Crippen LogP contribution in [0.2, 0.25) is 0 Å². The van der Waals surface area contributed by atoms with E-state index in [1.807, 2.05) is 6.92 Å². The summed E-state index contributed by atoms with van der Waals surface area (Å²) < 4.78 is 5.54. The molecule has 0 aliphatic heterocycles. The average molecular weight is 364 g/mol. The minimum Gasteiger partial charge on any atom is -0.507 e. The summed E-state index contributed by atoms with van der Waals surface area (Å²) in [4.78, 5) is 16.5. The van der Waals surface area contributed by atoms with Crippen LogP contribution in [0.4, 0.5) is 0 Å². The van der Waals surface area contributed by atoms with Gasteiger partial charge in [0.05, 0.1) is 5.56 Å². The van der Waals surface area contributed by atoms with Crippen molar-refractivity contribution in [2.45, 2.75) is 27.2 Å². The first-order valence-electron chi connectivity index (χ1n) is 9.20. The summed E-state index contributed by atoms with van der Waals surface area (Å²) in [6, 6.07) is 6.48. The lowest BCUT2D eigenvalue weighted by Gasteiger charge is -2.12. The molecule has 0 aliphatic carbocycles. The lowest BCUT2D eigenvalue weighted by molar-refractivity contribution is 0.0951. The van der Waals surface area contributed by atoms with Gasteiger partial charge in [0.2, 0.25) is 0 Å². The van der Waals surface area contributed by atoms with Crippen molar-refractivity contribution in [1.82, 2.24) is 16.0 Å². The van der Waals surface area contributed by atoms with Gasteiger partial charge in [0.15, 0.2) is 5.96 Å². The lowest BCUT2D eigenvalue weighted by atomic mass is 10.2. The second-order valence-corrected chi connectivity index (χ2v) is 6.28. The Morgan fingerprint density at radius 1 is 1.19 bits per heavy atom. The Morgan fingerprint density at radius 3 is 2.62 bits per heavy atom. The Hall–Kier alpha value is -2.28. The molecule has 1 amide bonds. The number of hydrogen-bond donors (Lipinski definition) is 4. The van der Waals surface area contributed by atoms with Crippen LogP contribution >= 0.6 is 0 Å². The molecule has 0 atom stereocenters. The van der Waals surface area contributed by atoms with Crippen molar-refractivity contribution in [3.8, 4) is 5.75 Å². The smallest absolute Gasteiger partial charge is 0.255 e. The number of guanidine groups is 1. The molecule has 26 heavy (non-hydrogen) atoms. The molecule has 0 aromatic heterocycles. The molecule has 7 heteroatoms. The lowest BCUT2D eigenvalue weighted by Crippen LogP contribution is -2.41. The highest BCUT2D eigenvalue weighted by Gasteiger charge is 2.09. The third-order valence-electron chi connectivity index (χ3n) is 3.36. The van der Waals surface area contributed by atoms with E-state index >= 15 is 0 Å². The van der Waals surface area contributed by atoms with Crippen LogP contribution in [-0.2, 0) is 4.74 Å². The summed E-state index contributed by atoms with van der Waals surface area (Å²) in [6.45, 7) is 10.1. The number of rotatable bonds is 11. The van der Waals surface area contributed by atoms with Crippen LogP contribution < -0.4 is 16.0 Å². The van der Waals surface area contributed by atoms with E-state index in [4.69, 9.17) is 4.74 Å². The number of benzene rings is 1. The highest BCUT2D eigenvalue weighted by molar-refractivity contribution is 5.96. The van der Waals surface area contributed by atoms with E-state index < -0.39 is 0 Å². The zero-order valence-electron chi connectivity index (χ0n) is 16.0. The fourth-order valence-electron chi connectivity index (χ4n) is 2.14. The van der Waals surface area contributed by atoms with E-state index in [1.165, 1.54) is 6.07 Å². The average Bonchev–Trinajstić information content (AvgIpc) is 2.61. The Kier molecular flexibility index (Phi) is 10.9. The van der Waals surface area contributed by atoms with E-state index in [9.17, 15) is 9.90 Å². The number of phenols is 1. The van der Waals surface area contributed by atoms with Gasteiger partial charge in [0.25, 0.3) is 5.91 Å². The molecule has 0 radical (unpaired) electrons. The number of hydrogen-bond acceptors (Lipinski definition) is 4. The van der Waals surface area contributed by atoms with Gasteiger partial charge in [0, 0.05) is 39.4 Å². The molecule has 0 unspecified atom stereocenters. The van der Waals surface area contributed by atoms with Gasteiger partial charge in [0.1, 0.15) is 5.75 Å². The number of nitrogens with one attached hydrogen (secondary N) is 3. The normalized spacial score (nSPS) is 11.5. The number of amides is 1. The van der Waals surface area contributed by atoms with Gasteiger partial charge in [-0.05, 0) is 31.4 Å². The predicted molar refractivity (Wildman–Crippen MR) is 105 cm³/mol. The maximum absolute atomic E-state index is 12.0. The van der Waals surface area contributed by atoms with E-state index in [0.717, 1.165) is 19.6 Å². The molecular weight excluding hydrogens is 332 g/mol. The van der Waals surface area contributed by atoms with Gasteiger partial charge in [-0.2, -0.15) is 0 Å². The van der Waals surface area contributed by atoms with Crippen molar-refractivity contribution in [2.24, 2.45) is 10.9 Å². The van der Waals surface area contributed by atoms with E-state index in [-0.39, 0.29) is 17.2 Å². The number of ether oxygens (including phenoxy) is 1. The van der Waals surface area contributed by atoms with Crippen molar-refractivity contribution in [2.75, 3.05) is 39.4 Å². The fraction of sp³-hybridized carbons (Fsp3) is 0.579. The zero-order chi connectivity index (χ0) is 19.2. The Morgan fingerprint density at radius 2 is 1.92 bits per heavy atom. The molecular formula is C19H32N4O3. The topological polar surface area (TPSA) is 95.0 Å². The van der Waals surface area contributed by atoms with E-state index in [0.29, 0.717) is 38.1 Å². The van der Waals surface area contributed by atoms with Crippen LogP contribution in [0.1, 0.15) is 37.6 Å². The van der Waals surface area contributed by atoms with Gasteiger partial charge in [-0.3, -0.25) is 9.79 Å². The molecule has 0 saturated heterocycles. The number of aliphatic imine (C=N–C) groups is 1. The molecule has 146 valence electrons. The molecule has 0 saturated carbocycles. The minimum atomic E-state index is -0.297. The number of carbonyl (C=O) groups is 1. The van der Waals surface area contributed by atoms with Crippen molar-refractivity contribution in [3.05, 3.63) is 29.8 Å². The number of aromatic hydroxyl groups is 1. The molecule has 0 bridgehead atoms. The van der Waals surface area contributed by atoms with Crippen molar-refractivity contribution < 1.29 is 14.6 Å². The summed E-state index contributed by atoms with van der Waals surface area (Å²) in [5.41, 5.74) is 0.273. The molecule has 0 heterocycles. The summed E-state index contributed by atoms with van der Waals surface area (Å²) in [5.74, 6) is 0.945. The maximum atomic E-state index is 12.0. The monoisotopic (exact) mass is 364 g/mol. The first kappa shape index (κ1) is 21.8. The molecule has 0 aliphatic rings. The largest absolute Gasteiger partial charge is 0.507 e. The Balaban J connectivity index is 2.27. The van der Waals surface area contributed by atoms with Crippen LogP contribution in [0.3, 0.4) is 0 Å². The number of nitrogens with zero attached hydrogens (tertiary/aromatic N) is 1. The molecule has 4 N–H and O–H groups in total. The second kappa shape index (κ2) is 13.0. The molecule has 1 rings (SSSR count). The molecule has 0 spiro atoms. The summed E-state index contributed by atoms with van der Waals surface area (Å²) >= 11 is 0. The predicted octanol–water partition coefficient (Wildman–Crippen LogP) is 1.74. The first-order chi connectivity index (χ1) is 12.5.